The van der Waals surface area contributed by atoms with Crippen LogP contribution >= 0.6 is 0 Å². The Balaban J connectivity index is 0.000000594. The standard InChI is InChI=1S/2C10H14N4O2.H2O4S/c2*1-15-8-4-2-3-5-9(8)16-7-6-13-14-10(11)12;1-5(2,3)4/h2*2-6H,7H2,1H3,(H4,11,12,14);(H2,1,2,3,4)/b2*13-6+;. The number of rotatable bonds is 10. The monoisotopic (exact) mass is 542 g/mol. The second kappa shape index (κ2) is 18.7. The van der Waals surface area contributed by atoms with E-state index in [0.717, 1.165) is 0 Å². The first-order chi connectivity index (χ1) is 17.5. The molecule has 0 saturated heterocycles. The first-order valence-electron chi connectivity index (χ1n) is 9.90. The Kier molecular flexibility index (Phi) is 16.4. The van der Waals surface area contributed by atoms with E-state index in [1.807, 2.05) is 36.4 Å². The lowest BCUT2D eigenvalue weighted by Gasteiger charge is -2.07. The number of hydrogen-bond acceptors (Lipinski definition) is 10. The molecule has 10 N–H and O–H groups in total. The van der Waals surface area contributed by atoms with Gasteiger partial charge in [-0.15, -0.1) is 10.2 Å². The summed E-state index contributed by atoms with van der Waals surface area (Å²) in [5.41, 5.74) is 20.3. The second-order valence-corrected chi connectivity index (χ2v) is 6.91. The molecule has 0 aliphatic heterocycles. The smallest absolute Gasteiger partial charge is 0.394 e. The topological polar surface area (TPSA) is 265 Å². The third-order valence-electron chi connectivity index (χ3n) is 3.27. The summed E-state index contributed by atoms with van der Waals surface area (Å²) in [6.45, 7) is 0.522. The third kappa shape index (κ3) is 19.4. The molecule has 0 bridgehead atoms. The fourth-order valence-corrected chi connectivity index (χ4v) is 2.01. The minimum atomic E-state index is -4.67. The quantitative estimate of drug-likeness (QED) is 0.100. The highest BCUT2D eigenvalue weighted by atomic mass is 32.3. The van der Waals surface area contributed by atoms with Gasteiger partial charge in [0.05, 0.1) is 26.6 Å². The Bertz CT molecular complexity index is 1070. The van der Waals surface area contributed by atoms with E-state index in [1.165, 1.54) is 12.4 Å². The number of methoxy groups -OCH3 is 2. The van der Waals surface area contributed by atoms with Crippen LogP contribution in [-0.4, -0.2) is 69.3 Å². The minimum absolute atomic E-state index is 0.0893. The van der Waals surface area contributed by atoms with Crippen LogP contribution in [0.25, 0.3) is 0 Å². The van der Waals surface area contributed by atoms with Gasteiger partial charge in [0.1, 0.15) is 13.2 Å². The summed E-state index contributed by atoms with van der Waals surface area (Å²) in [5, 5.41) is 14.0. The molecule has 17 heteroatoms. The molecule has 16 nitrogen and oxygen atoms in total. The van der Waals surface area contributed by atoms with Crippen LogP contribution in [0, 0.1) is 0 Å². The van der Waals surface area contributed by atoms with Gasteiger partial charge < -0.3 is 41.9 Å². The molecule has 0 heterocycles. The fraction of sp³-hybridized carbons (Fsp3) is 0.200. The van der Waals surface area contributed by atoms with Gasteiger partial charge in [-0.25, -0.2) is 0 Å². The van der Waals surface area contributed by atoms with Crippen molar-refractivity contribution < 1.29 is 36.5 Å². The van der Waals surface area contributed by atoms with Gasteiger partial charge in [-0.2, -0.15) is 18.6 Å². The second-order valence-electron chi connectivity index (χ2n) is 6.02. The van der Waals surface area contributed by atoms with Gasteiger partial charge in [0, 0.05) is 0 Å². The number of nitrogens with zero attached hydrogens (tertiary/aromatic N) is 4. The number of guanidine groups is 2. The lowest BCUT2D eigenvalue weighted by atomic mass is 10.3. The molecular weight excluding hydrogens is 512 g/mol. The van der Waals surface area contributed by atoms with Crippen LogP contribution in [0.2, 0.25) is 0 Å². The van der Waals surface area contributed by atoms with Crippen LogP contribution in [0.3, 0.4) is 0 Å². The third-order valence-corrected chi connectivity index (χ3v) is 3.27. The van der Waals surface area contributed by atoms with E-state index < -0.39 is 10.4 Å². The van der Waals surface area contributed by atoms with Crippen LogP contribution in [0.1, 0.15) is 0 Å². The maximum atomic E-state index is 8.74. The van der Waals surface area contributed by atoms with Crippen LogP contribution in [-0.2, 0) is 10.4 Å². The number of para-hydroxylation sites is 4. The maximum absolute atomic E-state index is 8.74. The molecule has 0 aromatic heterocycles. The van der Waals surface area contributed by atoms with Crippen LogP contribution in [0.15, 0.2) is 68.9 Å². The predicted molar refractivity (Wildman–Crippen MR) is 140 cm³/mol. The van der Waals surface area contributed by atoms with Crippen molar-refractivity contribution in [3.05, 3.63) is 48.5 Å². The number of hydrogen-bond donors (Lipinski definition) is 6. The van der Waals surface area contributed by atoms with E-state index in [2.05, 4.69) is 20.4 Å². The maximum Gasteiger partial charge on any atom is 0.394 e. The van der Waals surface area contributed by atoms with Gasteiger partial charge in [0.15, 0.2) is 23.0 Å². The molecule has 0 fully saturated rings. The van der Waals surface area contributed by atoms with E-state index in [4.69, 9.17) is 59.4 Å². The summed E-state index contributed by atoms with van der Waals surface area (Å²) < 4.78 is 52.6. The van der Waals surface area contributed by atoms with E-state index in [-0.39, 0.29) is 25.1 Å². The molecule has 0 unspecified atom stereocenters. The lowest BCUT2D eigenvalue weighted by Crippen LogP contribution is -2.21. The molecular formula is C20H30N8O8S. The molecule has 0 aliphatic carbocycles. The molecule has 2 aromatic rings. The van der Waals surface area contributed by atoms with Gasteiger partial charge >= 0.3 is 10.4 Å². The molecule has 37 heavy (non-hydrogen) atoms. The highest BCUT2D eigenvalue weighted by molar-refractivity contribution is 7.79. The molecule has 0 aliphatic rings. The largest absolute Gasteiger partial charge is 0.493 e. The Morgan fingerprint density at radius 2 is 1.03 bits per heavy atom. The minimum Gasteiger partial charge on any atom is -0.493 e. The Morgan fingerprint density at radius 1 is 0.730 bits per heavy atom. The zero-order chi connectivity index (χ0) is 28.1. The molecule has 2 aromatic carbocycles. The SMILES string of the molecule is COc1ccccc1OC/C=N/N=C(N)N.COc1ccccc1OC/C=N/N=C(N)N.O=S(=O)(O)O. The normalized spacial score (nSPS) is 10.3. The zero-order valence-electron chi connectivity index (χ0n) is 20.0. The summed E-state index contributed by atoms with van der Waals surface area (Å²) in [6, 6.07) is 14.6. The van der Waals surface area contributed by atoms with E-state index in [0.29, 0.717) is 23.0 Å². The van der Waals surface area contributed by atoms with Crippen molar-refractivity contribution in [1.29, 1.82) is 0 Å². The molecule has 0 amide bonds. The van der Waals surface area contributed by atoms with E-state index >= 15 is 0 Å². The molecule has 0 radical (unpaired) electrons. The fourth-order valence-electron chi connectivity index (χ4n) is 2.01. The summed E-state index contributed by atoms with van der Waals surface area (Å²) in [5.74, 6) is 2.43. The number of ether oxygens (including phenoxy) is 4. The summed E-state index contributed by atoms with van der Waals surface area (Å²) in [6.07, 6.45) is 2.90. The van der Waals surface area contributed by atoms with Gasteiger partial charge in [0.2, 0.25) is 11.9 Å². The first-order valence-corrected chi connectivity index (χ1v) is 11.3. The number of benzene rings is 2. The van der Waals surface area contributed by atoms with Crippen molar-refractivity contribution >= 4 is 34.7 Å². The van der Waals surface area contributed by atoms with Crippen LogP contribution < -0.4 is 41.9 Å². The Hall–Kier alpha value is -4.61. The molecule has 0 atom stereocenters. The molecule has 204 valence electrons. The van der Waals surface area contributed by atoms with Crippen LogP contribution in [0.5, 0.6) is 23.0 Å². The van der Waals surface area contributed by atoms with Crippen molar-refractivity contribution in [2.45, 2.75) is 0 Å². The Morgan fingerprint density at radius 3 is 1.30 bits per heavy atom. The van der Waals surface area contributed by atoms with Gasteiger partial charge in [-0.1, -0.05) is 24.3 Å². The van der Waals surface area contributed by atoms with Crippen LogP contribution in [0.4, 0.5) is 0 Å². The van der Waals surface area contributed by atoms with Crippen molar-refractivity contribution in [2.24, 2.45) is 43.3 Å². The Labute approximate surface area is 213 Å². The average molecular weight is 543 g/mol. The van der Waals surface area contributed by atoms with Gasteiger partial charge in [-0.05, 0) is 24.3 Å². The van der Waals surface area contributed by atoms with Crippen molar-refractivity contribution in [3.63, 3.8) is 0 Å². The molecule has 2 rings (SSSR count). The van der Waals surface area contributed by atoms with Gasteiger partial charge in [0.25, 0.3) is 0 Å². The first kappa shape index (κ1) is 32.4. The lowest BCUT2D eigenvalue weighted by molar-refractivity contribution is 0.337. The average Bonchev–Trinajstić information content (AvgIpc) is 2.83. The van der Waals surface area contributed by atoms with E-state index in [9.17, 15) is 0 Å². The van der Waals surface area contributed by atoms with Crippen molar-refractivity contribution in [3.8, 4) is 23.0 Å². The summed E-state index contributed by atoms with van der Waals surface area (Å²) >= 11 is 0. The highest BCUT2D eigenvalue weighted by Crippen LogP contribution is 2.26. The zero-order valence-corrected chi connectivity index (χ0v) is 20.9. The predicted octanol–water partition coefficient (Wildman–Crippen LogP) is 0.0136. The van der Waals surface area contributed by atoms with Gasteiger partial charge in [-0.3, -0.25) is 9.11 Å². The summed E-state index contributed by atoms with van der Waals surface area (Å²) in [4.78, 5) is 0. The molecule has 0 saturated carbocycles. The van der Waals surface area contributed by atoms with Crippen molar-refractivity contribution in [2.75, 3.05) is 27.4 Å². The summed E-state index contributed by atoms with van der Waals surface area (Å²) in [7, 11) is -1.51. The highest BCUT2D eigenvalue weighted by Gasteiger charge is 2.01. The molecule has 0 spiro atoms. The number of nitrogens with two attached hydrogens (primary N) is 4. The van der Waals surface area contributed by atoms with E-state index in [1.54, 1.807) is 26.4 Å². The van der Waals surface area contributed by atoms with Crippen molar-refractivity contribution in [1.82, 2.24) is 0 Å².